The summed E-state index contributed by atoms with van der Waals surface area (Å²) in [7, 11) is 1.73. The van der Waals surface area contributed by atoms with E-state index in [-0.39, 0.29) is 18.4 Å². The molecule has 0 aromatic rings. The Bertz CT molecular complexity index is 237. The maximum atomic E-state index is 11.7. The van der Waals surface area contributed by atoms with Gasteiger partial charge in [-0.05, 0) is 25.8 Å². The van der Waals surface area contributed by atoms with Gasteiger partial charge < -0.3 is 15.3 Å². The first-order valence-electron chi connectivity index (χ1n) is 5.31. The Hall–Kier alpha value is -1.10. The van der Waals surface area contributed by atoms with Gasteiger partial charge in [-0.3, -0.25) is 9.59 Å². The molecule has 5 nitrogen and oxygen atoms in total. The molecule has 0 spiro atoms. The van der Waals surface area contributed by atoms with Crippen molar-refractivity contribution in [2.45, 2.75) is 31.7 Å². The smallest absolute Gasteiger partial charge is 0.303 e. The first-order valence-corrected chi connectivity index (χ1v) is 5.31. The van der Waals surface area contributed by atoms with Crippen molar-refractivity contribution in [3.05, 3.63) is 0 Å². The lowest BCUT2D eigenvalue weighted by molar-refractivity contribution is -0.138. The van der Waals surface area contributed by atoms with Crippen LogP contribution in [-0.4, -0.2) is 48.1 Å². The lowest BCUT2D eigenvalue weighted by Crippen LogP contribution is -2.42. The predicted molar refractivity (Wildman–Crippen MR) is 55.5 cm³/mol. The Morgan fingerprint density at radius 3 is 2.80 bits per heavy atom. The van der Waals surface area contributed by atoms with Gasteiger partial charge in [0.15, 0.2) is 0 Å². The highest BCUT2D eigenvalue weighted by Gasteiger charge is 2.24. The molecule has 1 atom stereocenters. The quantitative estimate of drug-likeness (QED) is 0.679. The maximum absolute atomic E-state index is 11.7. The van der Waals surface area contributed by atoms with Crippen LogP contribution in [-0.2, 0) is 9.59 Å². The Labute approximate surface area is 89.4 Å². The molecule has 1 rings (SSSR count). The number of hydrogen-bond acceptors (Lipinski definition) is 3. The zero-order valence-electron chi connectivity index (χ0n) is 9.03. The van der Waals surface area contributed by atoms with E-state index < -0.39 is 5.97 Å². The molecule has 0 saturated carbocycles. The second-order valence-electron chi connectivity index (χ2n) is 3.91. The van der Waals surface area contributed by atoms with Gasteiger partial charge >= 0.3 is 5.97 Å². The van der Waals surface area contributed by atoms with E-state index >= 15 is 0 Å². The Morgan fingerprint density at radius 2 is 2.27 bits per heavy atom. The molecule has 15 heavy (non-hydrogen) atoms. The lowest BCUT2D eigenvalue weighted by atomic mass is 10.2. The zero-order valence-corrected chi connectivity index (χ0v) is 9.03. The molecule has 1 saturated heterocycles. The van der Waals surface area contributed by atoms with E-state index in [1.165, 1.54) is 0 Å². The van der Waals surface area contributed by atoms with E-state index in [1.807, 2.05) is 0 Å². The maximum Gasteiger partial charge on any atom is 0.303 e. The third-order valence-electron chi connectivity index (χ3n) is 2.62. The predicted octanol–water partition coefficient (Wildman–Crippen LogP) is 0.0616. The summed E-state index contributed by atoms with van der Waals surface area (Å²) in [5.74, 6) is -0.729. The van der Waals surface area contributed by atoms with Crippen molar-refractivity contribution in [3.63, 3.8) is 0 Å². The van der Waals surface area contributed by atoms with Gasteiger partial charge in [0.2, 0.25) is 5.91 Å². The van der Waals surface area contributed by atoms with Crippen LogP contribution in [0, 0.1) is 0 Å². The molecule has 0 bridgehead atoms. The van der Waals surface area contributed by atoms with Crippen LogP contribution in [0.2, 0.25) is 0 Å². The third kappa shape index (κ3) is 3.87. The standard InChI is InChI=1S/C10H18N2O3/c1-12(7-3-5-9(13)14)10(15)8-4-2-6-11-8/h8,11H,2-7H2,1H3,(H,13,14)/t8-/m1/s1. The number of carboxylic acids is 1. The number of likely N-dealkylation sites (N-methyl/N-ethyl adjacent to an activating group) is 1. The van der Waals surface area contributed by atoms with Crippen molar-refractivity contribution in [2.75, 3.05) is 20.1 Å². The second-order valence-corrected chi connectivity index (χ2v) is 3.91. The summed E-state index contributed by atoms with van der Waals surface area (Å²) in [6, 6.07) is -0.0557. The first kappa shape index (κ1) is 12.0. The van der Waals surface area contributed by atoms with Crippen molar-refractivity contribution in [3.8, 4) is 0 Å². The number of nitrogens with one attached hydrogen (secondary N) is 1. The topological polar surface area (TPSA) is 69.6 Å². The van der Waals surface area contributed by atoms with Gasteiger partial charge in [-0.1, -0.05) is 0 Å². The highest BCUT2D eigenvalue weighted by atomic mass is 16.4. The Balaban J connectivity index is 2.23. The molecule has 1 heterocycles. The van der Waals surface area contributed by atoms with E-state index in [1.54, 1.807) is 11.9 Å². The number of carbonyl (C=O) groups is 2. The molecule has 1 aliphatic heterocycles. The average molecular weight is 214 g/mol. The number of amides is 1. The van der Waals surface area contributed by atoms with Crippen LogP contribution in [0.4, 0.5) is 0 Å². The molecule has 0 unspecified atom stereocenters. The van der Waals surface area contributed by atoms with E-state index in [0.29, 0.717) is 13.0 Å². The van der Waals surface area contributed by atoms with Gasteiger partial charge in [0.1, 0.15) is 0 Å². The van der Waals surface area contributed by atoms with E-state index in [4.69, 9.17) is 5.11 Å². The molecule has 2 N–H and O–H groups in total. The summed E-state index contributed by atoms with van der Waals surface area (Å²) < 4.78 is 0. The van der Waals surface area contributed by atoms with Crippen LogP contribution < -0.4 is 5.32 Å². The average Bonchev–Trinajstić information content (AvgIpc) is 2.68. The first-order chi connectivity index (χ1) is 7.11. The van der Waals surface area contributed by atoms with Crippen LogP contribution in [0.1, 0.15) is 25.7 Å². The molecule has 1 amide bonds. The van der Waals surface area contributed by atoms with E-state index in [0.717, 1.165) is 19.4 Å². The summed E-state index contributed by atoms with van der Waals surface area (Å²) in [6.07, 6.45) is 2.57. The van der Waals surface area contributed by atoms with Gasteiger partial charge in [0.05, 0.1) is 6.04 Å². The minimum Gasteiger partial charge on any atom is -0.481 e. The number of nitrogens with zero attached hydrogens (tertiary/aromatic N) is 1. The highest BCUT2D eigenvalue weighted by molar-refractivity contribution is 5.81. The fourth-order valence-corrected chi connectivity index (χ4v) is 1.74. The van der Waals surface area contributed by atoms with Crippen molar-refractivity contribution in [1.82, 2.24) is 10.2 Å². The number of carboxylic acid groups (broad SMARTS) is 1. The molecular formula is C10H18N2O3. The second kappa shape index (κ2) is 5.70. The minimum atomic E-state index is -0.810. The van der Waals surface area contributed by atoms with E-state index in [9.17, 15) is 9.59 Å². The Kier molecular flexibility index (Phi) is 4.55. The number of hydrogen-bond donors (Lipinski definition) is 2. The summed E-state index contributed by atoms with van der Waals surface area (Å²) in [5, 5.41) is 11.6. The number of rotatable bonds is 5. The fraction of sp³-hybridized carbons (Fsp3) is 0.800. The number of aliphatic carboxylic acids is 1. The fourth-order valence-electron chi connectivity index (χ4n) is 1.74. The minimum absolute atomic E-state index is 0.0557. The van der Waals surface area contributed by atoms with Gasteiger partial charge in [0, 0.05) is 20.0 Å². The summed E-state index contributed by atoms with van der Waals surface area (Å²) in [5.41, 5.74) is 0. The van der Waals surface area contributed by atoms with Crippen LogP contribution in [0.3, 0.4) is 0 Å². The molecule has 0 aromatic heterocycles. The van der Waals surface area contributed by atoms with Crippen LogP contribution in [0.15, 0.2) is 0 Å². The van der Waals surface area contributed by atoms with Crippen molar-refractivity contribution in [2.24, 2.45) is 0 Å². The molecule has 0 radical (unpaired) electrons. The van der Waals surface area contributed by atoms with Crippen molar-refractivity contribution in [1.29, 1.82) is 0 Å². The Morgan fingerprint density at radius 1 is 1.53 bits per heavy atom. The van der Waals surface area contributed by atoms with E-state index in [2.05, 4.69) is 5.32 Å². The third-order valence-corrected chi connectivity index (χ3v) is 2.62. The van der Waals surface area contributed by atoms with Crippen LogP contribution >= 0.6 is 0 Å². The van der Waals surface area contributed by atoms with Crippen LogP contribution in [0.5, 0.6) is 0 Å². The normalized spacial score (nSPS) is 20.2. The molecule has 86 valence electrons. The SMILES string of the molecule is CN(CCCC(=O)O)C(=O)[C@H]1CCCN1. The van der Waals surface area contributed by atoms with Gasteiger partial charge in [0.25, 0.3) is 0 Å². The van der Waals surface area contributed by atoms with Crippen molar-refractivity contribution < 1.29 is 14.7 Å². The van der Waals surface area contributed by atoms with Gasteiger partial charge in [-0.15, -0.1) is 0 Å². The molecule has 0 aliphatic carbocycles. The largest absolute Gasteiger partial charge is 0.481 e. The van der Waals surface area contributed by atoms with Gasteiger partial charge in [-0.25, -0.2) is 0 Å². The zero-order chi connectivity index (χ0) is 11.3. The summed E-state index contributed by atoms with van der Waals surface area (Å²) >= 11 is 0. The monoisotopic (exact) mass is 214 g/mol. The van der Waals surface area contributed by atoms with Crippen LogP contribution in [0.25, 0.3) is 0 Å². The molecule has 1 fully saturated rings. The summed E-state index contributed by atoms with van der Waals surface area (Å²) in [4.78, 5) is 23.6. The van der Waals surface area contributed by atoms with Crippen molar-refractivity contribution >= 4 is 11.9 Å². The molecule has 1 aliphatic rings. The lowest BCUT2D eigenvalue weighted by Gasteiger charge is -2.20. The van der Waals surface area contributed by atoms with Gasteiger partial charge in [-0.2, -0.15) is 0 Å². The molecular weight excluding hydrogens is 196 g/mol. The highest BCUT2D eigenvalue weighted by Crippen LogP contribution is 2.08. The summed E-state index contributed by atoms with van der Waals surface area (Å²) in [6.45, 7) is 1.42. The molecule has 0 aromatic carbocycles. The molecule has 5 heteroatoms. The number of carbonyl (C=O) groups excluding carboxylic acids is 1.